The van der Waals surface area contributed by atoms with Crippen LogP contribution in [-0.2, 0) is 18.0 Å². The van der Waals surface area contributed by atoms with Gasteiger partial charge in [-0.15, -0.1) is 0 Å². The molecule has 0 heterocycles. The molecule has 0 saturated heterocycles. The SMILES string of the molecule is CCCCC/C(C)=C/CC/C(C)=C/CC/C(C)=C/COP(=O)(O)OP(=O)(O)O. The van der Waals surface area contributed by atoms with Crippen molar-refractivity contribution in [3.8, 4) is 0 Å². The van der Waals surface area contributed by atoms with Gasteiger partial charge < -0.3 is 14.7 Å². The van der Waals surface area contributed by atoms with Crippen LogP contribution in [0.25, 0.3) is 0 Å². The second kappa shape index (κ2) is 14.5. The normalized spacial score (nSPS) is 16.3. The largest absolute Gasteiger partial charge is 0.481 e. The van der Waals surface area contributed by atoms with Crippen molar-refractivity contribution in [2.75, 3.05) is 6.61 Å². The Morgan fingerprint density at radius 1 is 0.821 bits per heavy atom. The molecule has 0 spiro atoms. The molecule has 28 heavy (non-hydrogen) atoms. The predicted molar refractivity (Wildman–Crippen MR) is 113 cm³/mol. The molecule has 0 aliphatic carbocycles. The molecular formula is C19H36O7P2. The zero-order chi connectivity index (χ0) is 21.6. The molecular weight excluding hydrogens is 402 g/mol. The Morgan fingerprint density at radius 2 is 1.32 bits per heavy atom. The number of allylic oxidation sites excluding steroid dienone is 5. The predicted octanol–water partition coefficient (Wildman–Crippen LogP) is 6.19. The molecule has 3 N–H and O–H groups in total. The van der Waals surface area contributed by atoms with Crippen molar-refractivity contribution in [1.82, 2.24) is 0 Å². The lowest BCUT2D eigenvalue weighted by Gasteiger charge is -2.11. The number of phosphoric acid groups is 2. The van der Waals surface area contributed by atoms with Gasteiger partial charge >= 0.3 is 15.6 Å². The first-order valence-electron chi connectivity index (χ1n) is 9.66. The highest BCUT2D eigenvalue weighted by Crippen LogP contribution is 2.57. The van der Waals surface area contributed by atoms with Crippen molar-refractivity contribution in [2.24, 2.45) is 0 Å². The lowest BCUT2D eigenvalue weighted by atomic mass is 10.0. The minimum atomic E-state index is -5.07. The van der Waals surface area contributed by atoms with Crippen LogP contribution in [-0.4, -0.2) is 21.3 Å². The third-order valence-electron chi connectivity index (χ3n) is 4.12. The van der Waals surface area contributed by atoms with E-state index in [0.717, 1.165) is 31.3 Å². The van der Waals surface area contributed by atoms with E-state index in [4.69, 9.17) is 14.7 Å². The summed E-state index contributed by atoms with van der Waals surface area (Å²) in [5.74, 6) is 0. The van der Waals surface area contributed by atoms with Crippen LogP contribution >= 0.6 is 15.6 Å². The molecule has 0 saturated carbocycles. The molecule has 0 aromatic carbocycles. The van der Waals surface area contributed by atoms with Gasteiger partial charge in [0.25, 0.3) is 0 Å². The van der Waals surface area contributed by atoms with E-state index in [2.05, 4.69) is 41.8 Å². The number of hydrogen-bond acceptors (Lipinski definition) is 4. The van der Waals surface area contributed by atoms with Crippen LogP contribution in [0.1, 0.15) is 79.1 Å². The average molecular weight is 438 g/mol. The summed E-state index contributed by atoms with van der Waals surface area (Å²) in [6.45, 7) is 8.12. The van der Waals surface area contributed by atoms with E-state index in [0.29, 0.717) is 0 Å². The van der Waals surface area contributed by atoms with E-state index in [1.165, 1.54) is 36.8 Å². The fraction of sp³-hybridized carbons (Fsp3) is 0.684. The molecule has 7 nitrogen and oxygen atoms in total. The molecule has 0 aliphatic rings. The zero-order valence-corrected chi connectivity index (χ0v) is 19.3. The van der Waals surface area contributed by atoms with Gasteiger partial charge in [-0.25, -0.2) is 9.13 Å². The molecule has 164 valence electrons. The quantitative estimate of drug-likeness (QED) is 0.159. The topological polar surface area (TPSA) is 113 Å². The van der Waals surface area contributed by atoms with Gasteiger partial charge in [0, 0.05) is 0 Å². The monoisotopic (exact) mass is 438 g/mol. The van der Waals surface area contributed by atoms with Gasteiger partial charge in [0.05, 0.1) is 6.61 Å². The van der Waals surface area contributed by atoms with Crippen LogP contribution in [0.5, 0.6) is 0 Å². The maximum atomic E-state index is 11.3. The van der Waals surface area contributed by atoms with Gasteiger partial charge in [-0.05, 0) is 59.3 Å². The lowest BCUT2D eigenvalue weighted by molar-refractivity contribution is 0.191. The maximum absolute atomic E-state index is 11.3. The van der Waals surface area contributed by atoms with Gasteiger partial charge in [0.1, 0.15) is 0 Å². The molecule has 0 fully saturated rings. The smallest absolute Gasteiger partial charge is 0.302 e. The summed E-state index contributed by atoms with van der Waals surface area (Å²) in [5.41, 5.74) is 3.74. The average Bonchev–Trinajstić information content (AvgIpc) is 2.52. The van der Waals surface area contributed by atoms with Crippen LogP contribution < -0.4 is 0 Å². The Kier molecular flexibility index (Phi) is 14.2. The highest BCUT2D eigenvalue weighted by atomic mass is 31.3. The minimum Gasteiger partial charge on any atom is -0.302 e. The highest BCUT2D eigenvalue weighted by Gasteiger charge is 2.31. The Balaban J connectivity index is 4.15. The highest BCUT2D eigenvalue weighted by molar-refractivity contribution is 7.60. The third-order valence-corrected chi connectivity index (χ3v) is 6.27. The van der Waals surface area contributed by atoms with Crippen LogP contribution in [0.3, 0.4) is 0 Å². The van der Waals surface area contributed by atoms with E-state index >= 15 is 0 Å². The number of unbranched alkanes of at least 4 members (excludes halogenated alkanes) is 2. The molecule has 1 unspecified atom stereocenters. The Bertz CT molecular complexity index is 632. The van der Waals surface area contributed by atoms with Crippen LogP contribution in [0.2, 0.25) is 0 Å². The number of rotatable bonds is 15. The van der Waals surface area contributed by atoms with Gasteiger partial charge in [-0.2, -0.15) is 4.31 Å². The van der Waals surface area contributed by atoms with Crippen molar-refractivity contribution in [2.45, 2.75) is 79.1 Å². The summed E-state index contributed by atoms with van der Waals surface area (Å²) in [7, 11) is -9.84. The third kappa shape index (κ3) is 17.6. The van der Waals surface area contributed by atoms with Gasteiger partial charge in [-0.1, -0.05) is 54.7 Å². The van der Waals surface area contributed by atoms with E-state index in [9.17, 15) is 9.13 Å². The van der Waals surface area contributed by atoms with Crippen molar-refractivity contribution < 1.29 is 32.6 Å². The molecule has 9 heteroatoms. The van der Waals surface area contributed by atoms with Crippen LogP contribution in [0.4, 0.5) is 0 Å². The molecule has 0 rings (SSSR count). The standard InChI is InChI=1S/C19H36O7P2/c1-5-6-7-10-17(2)11-8-12-18(3)13-9-14-19(4)15-16-25-28(23,24)26-27(20,21)22/h11,13,15H,5-10,12,14,16H2,1-4H3,(H,23,24)(H2,20,21,22)/b17-11+,18-13+,19-15+. The molecule has 0 aromatic rings. The summed E-state index contributed by atoms with van der Waals surface area (Å²) in [6.07, 6.45) is 14.8. The maximum Gasteiger partial charge on any atom is 0.481 e. The second-order valence-electron chi connectivity index (χ2n) is 7.02. The van der Waals surface area contributed by atoms with E-state index in [1.54, 1.807) is 6.08 Å². The summed E-state index contributed by atoms with van der Waals surface area (Å²) in [4.78, 5) is 26.2. The Morgan fingerprint density at radius 3 is 1.82 bits per heavy atom. The van der Waals surface area contributed by atoms with Crippen molar-refractivity contribution in [1.29, 1.82) is 0 Å². The number of phosphoric ester groups is 1. The summed E-state index contributed by atoms with van der Waals surface area (Å²) in [6, 6.07) is 0. The molecule has 0 radical (unpaired) electrons. The summed E-state index contributed by atoms with van der Waals surface area (Å²) >= 11 is 0. The fourth-order valence-corrected chi connectivity index (χ4v) is 4.01. The summed E-state index contributed by atoms with van der Waals surface area (Å²) < 4.78 is 30.1. The van der Waals surface area contributed by atoms with Crippen LogP contribution in [0, 0.1) is 0 Å². The Labute approximate surface area is 169 Å². The molecule has 0 bridgehead atoms. The first kappa shape index (κ1) is 27.5. The van der Waals surface area contributed by atoms with E-state index in [-0.39, 0.29) is 6.61 Å². The molecule has 0 aromatic heterocycles. The van der Waals surface area contributed by atoms with E-state index in [1.807, 2.05) is 6.92 Å². The van der Waals surface area contributed by atoms with Crippen molar-refractivity contribution in [3.63, 3.8) is 0 Å². The molecule has 0 amide bonds. The van der Waals surface area contributed by atoms with E-state index < -0.39 is 15.6 Å². The summed E-state index contributed by atoms with van der Waals surface area (Å²) in [5, 5.41) is 0. The first-order chi connectivity index (χ1) is 12.9. The van der Waals surface area contributed by atoms with Crippen molar-refractivity contribution >= 4 is 15.6 Å². The first-order valence-corrected chi connectivity index (χ1v) is 12.7. The zero-order valence-electron chi connectivity index (χ0n) is 17.5. The number of hydrogen-bond donors (Lipinski definition) is 3. The molecule has 0 aliphatic heterocycles. The van der Waals surface area contributed by atoms with Gasteiger partial charge in [-0.3, -0.25) is 4.52 Å². The van der Waals surface area contributed by atoms with Gasteiger partial charge in [0.2, 0.25) is 0 Å². The van der Waals surface area contributed by atoms with Gasteiger partial charge in [0.15, 0.2) is 0 Å². The van der Waals surface area contributed by atoms with Crippen LogP contribution in [0.15, 0.2) is 34.9 Å². The lowest BCUT2D eigenvalue weighted by Crippen LogP contribution is -1.94. The second-order valence-corrected chi connectivity index (χ2v) is 9.85. The van der Waals surface area contributed by atoms with Crippen molar-refractivity contribution in [3.05, 3.63) is 34.9 Å². The fourth-order valence-electron chi connectivity index (χ4n) is 2.48. The minimum absolute atomic E-state index is 0.260. The Hall–Kier alpha value is -0.520. The molecule has 1 atom stereocenters.